The van der Waals surface area contributed by atoms with Crippen molar-refractivity contribution in [1.82, 2.24) is 4.90 Å². The fourth-order valence-electron chi connectivity index (χ4n) is 3.23. The number of nitrogens with zero attached hydrogens (tertiary/aromatic N) is 1. The quantitative estimate of drug-likeness (QED) is 0.580. The highest BCUT2D eigenvalue weighted by Crippen LogP contribution is 2.54. The summed E-state index contributed by atoms with van der Waals surface area (Å²) in [5, 5.41) is 20.7. The molecule has 0 unspecified atom stereocenters. The number of carboxylic acid groups (broad SMARTS) is 2. The molecule has 0 bridgehead atoms. The third kappa shape index (κ3) is 9.01. The molecule has 6 heteroatoms. The number of carboxylic acids is 2. The van der Waals surface area contributed by atoms with E-state index >= 15 is 0 Å². The van der Waals surface area contributed by atoms with Crippen LogP contribution in [0, 0.1) is 0 Å². The molecule has 170 valence electrons. The van der Waals surface area contributed by atoms with Gasteiger partial charge in [-0.3, -0.25) is 4.79 Å². The molecule has 0 atom stereocenters. The maximum absolute atomic E-state index is 9.00. The normalized spacial score (nSPS) is 10.3. The van der Waals surface area contributed by atoms with Crippen molar-refractivity contribution in [2.24, 2.45) is 0 Å². The van der Waals surface area contributed by atoms with Crippen LogP contribution in [0.2, 0.25) is 0 Å². The van der Waals surface area contributed by atoms with Gasteiger partial charge < -0.3 is 19.9 Å². The molecule has 0 aliphatic rings. The Hall–Kier alpha value is -3.01. The van der Waals surface area contributed by atoms with Gasteiger partial charge in [0.1, 0.15) is 23.2 Å². The van der Waals surface area contributed by atoms with Crippen molar-refractivity contribution in [3.8, 4) is 0 Å². The predicted octanol–water partition coefficient (Wildman–Crippen LogP) is 2.39. The van der Waals surface area contributed by atoms with E-state index < -0.39 is 19.2 Å². The van der Waals surface area contributed by atoms with Gasteiger partial charge in [-0.1, -0.05) is 54.6 Å². The van der Waals surface area contributed by atoms with Gasteiger partial charge in [0.15, 0.2) is 0 Å². The minimum absolute atomic E-state index is 0.833. The van der Waals surface area contributed by atoms with Crippen LogP contribution in [-0.4, -0.2) is 48.7 Å². The van der Waals surface area contributed by atoms with E-state index in [1.54, 1.807) is 0 Å². The van der Waals surface area contributed by atoms with Crippen LogP contribution in [0.25, 0.3) is 0 Å². The van der Waals surface area contributed by atoms with Crippen molar-refractivity contribution in [3.63, 3.8) is 0 Å². The van der Waals surface area contributed by atoms with Crippen LogP contribution < -0.4 is 21.0 Å². The van der Waals surface area contributed by atoms with Crippen molar-refractivity contribution in [2.45, 2.75) is 13.8 Å². The number of hydrogen-bond donors (Lipinski definition) is 1. The summed E-state index contributed by atoms with van der Waals surface area (Å²) in [6.07, 6.45) is 1.15. The van der Waals surface area contributed by atoms with Crippen molar-refractivity contribution in [1.29, 1.82) is 0 Å². The van der Waals surface area contributed by atoms with E-state index in [2.05, 4.69) is 110 Å². The maximum atomic E-state index is 9.00. The lowest BCUT2D eigenvalue weighted by Gasteiger charge is -2.28. The highest BCUT2D eigenvalue weighted by Gasteiger charge is 2.44. The Morgan fingerprint density at radius 2 is 1.00 bits per heavy atom. The van der Waals surface area contributed by atoms with Crippen LogP contribution in [0.4, 0.5) is 0 Å². The number of carbonyl (C=O) groups is 2. The van der Waals surface area contributed by atoms with E-state index in [-0.39, 0.29) is 0 Å². The lowest BCUT2D eigenvalue weighted by Crippen LogP contribution is -2.36. The van der Waals surface area contributed by atoms with Crippen molar-refractivity contribution in [3.05, 3.63) is 91.0 Å². The number of benzene rings is 3. The molecule has 5 nitrogen and oxygen atoms in total. The summed E-state index contributed by atoms with van der Waals surface area (Å²) in [5.74, 6) is -1.92. The Labute approximate surface area is 191 Å². The van der Waals surface area contributed by atoms with Crippen LogP contribution in [-0.2, 0) is 9.59 Å². The van der Waals surface area contributed by atoms with E-state index in [1.165, 1.54) is 15.9 Å². The van der Waals surface area contributed by atoms with Crippen LogP contribution in [0.3, 0.4) is 0 Å². The standard InChI is InChI=1S/C22H25NP.2C2H4O2/c1-23(2)18-19-24(20-12-6-3-7-13-20,21-14-8-4-9-15-21)22-16-10-5-11-17-22;2*1-2(3)4/h3-17H,18-19H2,1-2H3;2*1H3,(H,3,4)/q+1;;/p-1. The summed E-state index contributed by atoms with van der Waals surface area (Å²) < 4.78 is 0. The highest BCUT2D eigenvalue weighted by molar-refractivity contribution is 7.95. The van der Waals surface area contributed by atoms with E-state index in [0.717, 1.165) is 26.6 Å². The Bertz CT molecular complexity index is 815. The van der Waals surface area contributed by atoms with Gasteiger partial charge >= 0.3 is 0 Å². The molecule has 32 heavy (non-hydrogen) atoms. The summed E-state index contributed by atoms with van der Waals surface area (Å²) in [7, 11) is 2.68. The minimum atomic E-state index is -1.65. The maximum Gasteiger partial charge on any atom is 0.300 e. The molecule has 3 rings (SSSR count). The lowest BCUT2D eigenvalue weighted by molar-refractivity contribution is -0.302. The summed E-state index contributed by atoms with van der Waals surface area (Å²) in [4.78, 5) is 20.2. The molecule has 0 spiro atoms. The van der Waals surface area contributed by atoms with Crippen molar-refractivity contribution >= 4 is 35.1 Å². The second-order valence-electron chi connectivity index (χ2n) is 7.35. The Balaban J connectivity index is 0.000000554. The molecular weight excluding hydrogens is 421 g/mol. The minimum Gasteiger partial charge on any atom is -0.550 e. The first-order valence-electron chi connectivity index (χ1n) is 10.3. The van der Waals surface area contributed by atoms with Gasteiger partial charge in [-0.2, -0.15) is 0 Å². The average molecular weight is 454 g/mol. The van der Waals surface area contributed by atoms with E-state index in [9.17, 15) is 0 Å². The molecule has 3 aromatic rings. The molecule has 0 amide bonds. The second-order valence-corrected chi connectivity index (χ2v) is 11.0. The number of carbonyl (C=O) groups excluding carboxylic acids is 1. The van der Waals surface area contributed by atoms with E-state index in [1.807, 2.05) is 0 Å². The Kier molecular flexibility index (Phi) is 11.9. The van der Waals surface area contributed by atoms with E-state index in [4.69, 9.17) is 19.8 Å². The fourth-order valence-corrected chi connectivity index (χ4v) is 7.64. The predicted molar refractivity (Wildman–Crippen MR) is 133 cm³/mol. The SMILES string of the molecule is CC(=O)O.CC(=O)[O-].CN(C)CC[P+](c1ccccc1)(c1ccccc1)c1ccccc1. The van der Waals surface area contributed by atoms with Gasteiger partial charge in [0.25, 0.3) is 5.97 Å². The number of aliphatic carboxylic acids is 2. The molecule has 1 N–H and O–H groups in total. The Morgan fingerprint density at radius 3 is 1.22 bits per heavy atom. The molecule has 0 saturated heterocycles. The summed E-state index contributed by atoms with van der Waals surface area (Å²) >= 11 is 0. The summed E-state index contributed by atoms with van der Waals surface area (Å²) in [6.45, 7) is 3.13. The van der Waals surface area contributed by atoms with Crippen LogP contribution in [0.15, 0.2) is 91.0 Å². The van der Waals surface area contributed by atoms with Gasteiger partial charge in [0.2, 0.25) is 0 Å². The highest BCUT2D eigenvalue weighted by atomic mass is 31.2. The zero-order valence-electron chi connectivity index (χ0n) is 19.1. The molecule has 0 fully saturated rings. The first kappa shape index (κ1) is 27.0. The van der Waals surface area contributed by atoms with Gasteiger partial charge in [0, 0.05) is 19.4 Å². The van der Waals surface area contributed by atoms with E-state index in [0.29, 0.717) is 0 Å². The smallest absolute Gasteiger partial charge is 0.300 e. The zero-order chi connectivity index (χ0) is 24.0. The molecule has 3 aromatic carbocycles. The van der Waals surface area contributed by atoms with Crippen molar-refractivity contribution in [2.75, 3.05) is 26.8 Å². The van der Waals surface area contributed by atoms with Gasteiger partial charge in [-0.05, 0) is 57.4 Å². The molecule has 0 saturated carbocycles. The summed E-state index contributed by atoms with van der Waals surface area (Å²) in [5.41, 5.74) is 0. The average Bonchev–Trinajstić information content (AvgIpc) is 2.76. The first-order valence-corrected chi connectivity index (χ1v) is 12.2. The number of rotatable bonds is 6. The van der Waals surface area contributed by atoms with Crippen molar-refractivity contribution < 1.29 is 19.8 Å². The fraction of sp³-hybridized carbons (Fsp3) is 0.231. The molecular formula is C26H32NO4P. The molecule has 0 aliphatic carbocycles. The second kappa shape index (κ2) is 14.1. The van der Waals surface area contributed by atoms with Crippen LogP contribution >= 0.6 is 7.26 Å². The zero-order valence-corrected chi connectivity index (χ0v) is 20.0. The molecule has 0 radical (unpaired) electrons. The van der Waals surface area contributed by atoms with Gasteiger partial charge in [-0.25, -0.2) is 0 Å². The first-order chi connectivity index (χ1) is 15.2. The van der Waals surface area contributed by atoms with Crippen LogP contribution in [0.5, 0.6) is 0 Å². The lowest BCUT2D eigenvalue weighted by atomic mass is 10.4. The largest absolute Gasteiger partial charge is 0.550 e. The topological polar surface area (TPSA) is 80.7 Å². The monoisotopic (exact) mass is 453 g/mol. The molecule has 0 aromatic heterocycles. The molecule has 0 heterocycles. The number of hydrogen-bond acceptors (Lipinski definition) is 4. The summed E-state index contributed by atoms with van der Waals surface area (Å²) in [6, 6.07) is 33.2. The van der Waals surface area contributed by atoms with Gasteiger partial charge in [-0.15, -0.1) is 0 Å². The molecule has 0 aliphatic heterocycles. The third-order valence-corrected chi connectivity index (χ3v) is 8.88. The Morgan fingerprint density at radius 1 is 0.750 bits per heavy atom. The van der Waals surface area contributed by atoms with Crippen LogP contribution in [0.1, 0.15) is 13.8 Å². The van der Waals surface area contributed by atoms with Gasteiger partial charge in [0.05, 0.1) is 6.16 Å². The third-order valence-electron chi connectivity index (χ3n) is 4.47.